The predicted molar refractivity (Wildman–Crippen MR) is 102 cm³/mol. The van der Waals surface area contributed by atoms with Crippen LogP contribution in [0, 0.1) is 0 Å². The monoisotopic (exact) mass is 347 g/mol. The Labute approximate surface area is 150 Å². The molecule has 2 aromatic rings. The third-order valence-electron chi connectivity index (χ3n) is 3.61. The van der Waals surface area contributed by atoms with Crippen molar-refractivity contribution in [2.45, 2.75) is 32.4 Å². The molecule has 0 aromatic heterocycles. The highest BCUT2D eigenvalue weighted by molar-refractivity contribution is 5.85. The average molecular weight is 348 g/mol. The van der Waals surface area contributed by atoms with Gasteiger partial charge in [0.25, 0.3) is 0 Å². The molecule has 0 saturated heterocycles. The molecule has 0 heterocycles. The van der Waals surface area contributed by atoms with Crippen LogP contribution in [0.15, 0.2) is 61.2 Å². The molecule has 0 aliphatic rings. The second kappa shape index (κ2) is 10.7. The first-order valence-electron chi connectivity index (χ1n) is 8.04. The van der Waals surface area contributed by atoms with Crippen molar-refractivity contribution >= 4 is 12.4 Å². The van der Waals surface area contributed by atoms with Crippen molar-refractivity contribution in [3.8, 4) is 11.5 Å². The zero-order chi connectivity index (χ0) is 16.5. The zero-order valence-electron chi connectivity index (χ0n) is 14.1. The minimum atomic E-state index is -0.0182. The summed E-state index contributed by atoms with van der Waals surface area (Å²) in [4.78, 5) is 0. The van der Waals surface area contributed by atoms with Gasteiger partial charge in [0, 0.05) is 6.04 Å². The number of ether oxygens (including phenoxy) is 2. The number of hydrogen-bond donors (Lipinski definition) is 1. The molecule has 0 saturated carbocycles. The highest BCUT2D eigenvalue weighted by Crippen LogP contribution is 2.31. The molecule has 3 nitrogen and oxygen atoms in total. The Hall–Kier alpha value is -1.97. The van der Waals surface area contributed by atoms with Gasteiger partial charge < -0.3 is 15.2 Å². The minimum Gasteiger partial charge on any atom is -0.490 e. The Morgan fingerprint density at radius 1 is 1.08 bits per heavy atom. The Balaban J connectivity index is 0.00000288. The fourth-order valence-corrected chi connectivity index (χ4v) is 2.34. The fraction of sp³-hybridized carbons (Fsp3) is 0.300. The van der Waals surface area contributed by atoms with E-state index in [9.17, 15) is 0 Å². The van der Waals surface area contributed by atoms with E-state index in [1.165, 1.54) is 0 Å². The van der Waals surface area contributed by atoms with Crippen molar-refractivity contribution in [3.05, 3.63) is 72.3 Å². The lowest BCUT2D eigenvalue weighted by molar-refractivity contribution is 0.269. The number of nitrogens with two attached hydrogens (primary N) is 1. The van der Waals surface area contributed by atoms with E-state index in [0.717, 1.165) is 35.5 Å². The Morgan fingerprint density at radius 3 is 2.50 bits per heavy atom. The first-order chi connectivity index (χ1) is 11.2. The SMILES string of the molecule is C=CCC[C@@H](N)c1ccc(OCc2ccccc2)c(OCC)c1.Cl. The number of hydrogen-bond acceptors (Lipinski definition) is 3. The number of allylic oxidation sites excluding steroid dienone is 1. The lowest BCUT2D eigenvalue weighted by Crippen LogP contribution is -2.10. The van der Waals surface area contributed by atoms with Crippen molar-refractivity contribution in [2.24, 2.45) is 5.73 Å². The molecule has 2 aromatic carbocycles. The van der Waals surface area contributed by atoms with Crippen LogP contribution in [0.1, 0.15) is 36.9 Å². The van der Waals surface area contributed by atoms with E-state index in [0.29, 0.717) is 13.2 Å². The second-order valence-electron chi connectivity index (χ2n) is 5.39. The molecular weight excluding hydrogens is 322 g/mol. The molecule has 0 amide bonds. The topological polar surface area (TPSA) is 44.5 Å². The molecule has 0 fully saturated rings. The van der Waals surface area contributed by atoms with Crippen molar-refractivity contribution in [1.29, 1.82) is 0 Å². The molecule has 0 bridgehead atoms. The molecule has 1 atom stereocenters. The molecule has 0 radical (unpaired) electrons. The van der Waals surface area contributed by atoms with Gasteiger partial charge >= 0.3 is 0 Å². The lowest BCUT2D eigenvalue weighted by Gasteiger charge is -2.16. The van der Waals surface area contributed by atoms with Gasteiger partial charge in [0.15, 0.2) is 11.5 Å². The Morgan fingerprint density at radius 2 is 1.83 bits per heavy atom. The first-order valence-corrected chi connectivity index (χ1v) is 8.04. The average Bonchev–Trinajstić information content (AvgIpc) is 2.59. The zero-order valence-corrected chi connectivity index (χ0v) is 14.9. The van der Waals surface area contributed by atoms with E-state index < -0.39 is 0 Å². The van der Waals surface area contributed by atoms with Gasteiger partial charge in [-0.15, -0.1) is 19.0 Å². The van der Waals surface area contributed by atoms with Crippen LogP contribution in [-0.4, -0.2) is 6.61 Å². The first kappa shape index (κ1) is 20.1. The van der Waals surface area contributed by atoms with Gasteiger partial charge in [-0.25, -0.2) is 0 Å². The van der Waals surface area contributed by atoms with Crippen molar-refractivity contribution in [2.75, 3.05) is 6.61 Å². The van der Waals surface area contributed by atoms with Crippen LogP contribution in [0.3, 0.4) is 0 Å². The van der Waals surface area contributed by atoms with Crippen LogP contribution in [0.5, 0.6) is 11.5 Å². The molecule has 2 N–H and O–H groups in total. The Kier molecular flexibility index (Phi) is 8.98. The molecule has 130 valence electrons. The quantitative estimate of drug-likeness (QED) is 0.645. The van der Waals surface area contributed by atoms with Gasteiger partial charge in [-0.2, -0.15) is 0 Å². The highest BCUT2D eigenvalue weighted by atomic mass is 35.5. The largest absolute Gasteiger partial charge is 0.490 e. The van der Waals surface area contributed by atoms with E-state index in [1.54, 1.807) is 0 Å². The summed E-state index contributed by atoms with van der Waals surface area (Å²) < 4.78 is 11.6. The molecule has 0 spiro atoms. The van der Waals surface area contributed by atoms with E-state index in [1.807, 2.05) is 61.5 Å². The summed E-state index contributed by atoms with van der Waals surface area (Å²) in [5.41, 5.74) is 8.40. The van der Waals surface area contributed by atoms with E-state index >= 15 is 0 Å². The third kappa shape index (κ3) is 5.91. The predicted octanol–water partition coefficient (Wildman–Crippen LogP) is 5.05. The summed E-state index contributed by atoms with van der Waals surface area (Å²) in [5.74, 6) is 1.49. The van der Waals surface area contributed by atoms with Crippen LogP contribution < -0.4 is 15.2 Å². The number of halogens is 1. The maximum Gasteiger partial charge on any atom is 0.161 e. The minimum absolute atomic E-state index is 0. The van der Waals surface area contributed by atoms with Gasteiger partial charge in [0.2, 0.25) is 0 Å². The maximum atomic E-state index is 6.22. The van der Waals surface area contributed by atoms with Crippen LogP contribution in [-0.2, 0) is 6.61 Å². The second-order valence-corrected chi connectivity index (χ2v) is 5.39. The molecule has 2 rings (SSSR count). The van der Waals surface area contributed by atoms with Crippen LogP contribution in [0.4, 0.5) is 0 Å². The van der Waals surface area contributed by atoms with Crippen LogP contribution in [0.25, 0.3) is 0 Å². The van der Waals surface area contributed by atoms with Crippen LogP contribution in [0.2, 0.25) is 0 Å². The van der Waals surface area contributed by atoms with Crippen molar-refractivity contribution < 1.29 is 9.47 Å². The summed E-state index contributed by atoms with van der Waals surface area (Å²) in [6.45, 7) is 6.81. The molecule has 4 heteroatoms. The standard InChI is InChI=1S/C20H25NO2.ClH/c1-3-5-11-18(21)17-12-13-19(20(14-17)22-4-2)23-15-16-9-7-6-8-10-16;/h3,6-10,12-14,18H,1,4-5,11,15,21H2,2H3;1H/t18-;/m1./s1. The number of benzene rings is 2. The lowest BCUT2D eigenvalue weighted by atomic mass is 10.0. The molecule has 0 aliphatic heterocycles. The van der Waals surface area contributed by atoms with Gasteiger partial charge in [0.1, 0.15) is 6.61 Å². The highest BCUT2D eigenvalue weighted by Gasteiger charge is 2.11. The van der Waals surface area contributed by atoms with E-state index in [4.69, 9.17) is 15.2 Å². The van der Waals surface area contributed by atoms with Gasteiger partial charge in [-0.05, 0) is 43.0 Å². The maximum absolute atomic E-state index is 6.22. The molecular formula is C20H26ClNO2. The molecule has 0 aliphatic carbocycles. The summed E-state index contributed by atoms with van der Waals surface area (Å²) in [6, 6.07) is 16.0. The Bertz CT molecular complexity index is 616. The van der Waals surface area contributed by atoms with Gasteiger partial charge in [-0.3, -0.25) is 0 Å². The fourth-order valence-electron chi connectivity index (χ4n) is 2.34. The summed E-state index contributed by atoms with van der Waals surface area (Å²) >= 11 is 0. The van der Waals surface area contributed by atoms with Crippen molar-refractivity contribution in [3.63, 3.8) is 0 Å². The molecule has 0 unspecified atom stereocenters. The summed E-state index contributed by atoms with van der Waals surface area (Å²) in [6.07, 6.45) is 3.66. The van der Waals surface area contributed by atoms with Gasteiger partial charge in [-0.1, -0.05) is 42.5 Å². The van der Waals surface area contributed by atoms with E-state index in [2.05, 4.69) is 6.58 Å². The van der Waals surface area contributed by atoms with E-state index in [-0.39, 0.29) is 18.4 Å². The van der Waals surface area contributed by atoms with Crippen molar-refractivity contribution in [1.82, 2.24) is 0 Å². The molecule has 24 heavy (non-hydrogen) atoms. The van der Waals surface area contributed by atoms with Crippen LogP contribution >= 0.6 is 12.4 Å². The summed E-state index contributed by atoms with van der Waals surface area (Å²) in [5, 5.41) is 0. The number of rotatable bonds is 9. The van der Waals surface area contributed by atoms with Gasteiger partial charge in [0.05, 0.1) is 6.61 Å². The summed E-state index contributed by atoms with van der Waals surface area (Å²) in [7, 11) is 0. The smallest absolute Gasteiger partial charge is 0.161 e. The third-order valence-corrected chi connectivity index (χ3v) is 3.61. The normalized spacial score (nSPS) is 11.2.